The van der Waals surface area contributed by atoms with Gasteiger partial charge in [-0.3, -0.25) is 9.59 Å². The summed E-state index contributed by atoms with van der Waals surface area (Å²) in [6.45, 7) is 2.85. The Balaban J connectivity index is 1.43. The number of carbonyl (C=O) groups is 2. The van der Waals surface area contributed by atoms with Crippen LogP contribution in [0, 0.1) is 5.92 Å². The first-order valence-electron chi connectivity index (χ1n) is 9.36. The Bertz CT molecular complexity index is 1050. The number of hydrogen-bond donors (Lipinski definition) is 1. The van der Waals surface area contributed by atoms with E-state index in [1.165, 1.54) is 11.3 Å². The molecule has 0 radical (unpaired) electrons. The Morgan fingerprint density at radius 1 is 1.24 bits per heavy atom. The number of nitrogens with zero attached hydrogens (tertiary/aromatic N) is 2. The number of nitrogens with one attached hydrogen (secondary N) is 1. The number of thiazole rings is 1. The van der Waals surface area contributed by atoms with Gasteiger partial charge < -0.3 is 19.7 Å². The van der Waals surface area contributed by atoms with Gasteiger partial charge in [0.15, 0.2) is 5.13 Å². The molecule has 1 atom stereocenters. The molecule has 2 amide bonds. The maximum atomic E-state index is 12.7. The number of rotatable bonds is 6. The van der Waals surface area contributed by atoms with Crippen molar-refractivity contribution in [2.75, 3.05) is 30.5 Å². The van der Waals surface area contributed by atoms with Crippen LogP contribution in [0.2, 0.25) is 0 Å². The van der Waals surface area contributed by atoms with Crippen LogP contribution >= 0.6 is 11.3 Å². The molecule has 1 fully saturated rings. The Hall–Kier alpha value is -3.13. The van der Waals surface area contributed by atoms with E-state index in [0.717, 1.165) is 27.4 Å². The zero-order chi connectivity index (χ0) is 20.4. The number of fused-ring (bicyclic) bond motifs is 1. The summed E-state index contributed by atoms with van der Waals surface area (Å²) >= 11 is 1.38. The molecule has 0 saturated carbocycles. The lowest BCUT2D eigenvalue weighted by atomic mass is 10.1. The van der Waals surface area contributed by atoms with Gasteiger partial charge in [-0.2, -0.15) is 0 Å². The van der Waals surface area contributed by atoms with E-state index in [4.69, 9.17) is 9.47 Å². The number of anilines is 2. The number of methoxy groups -OCH3 is 1. The zero-order valence-corrected chi connectivity index (χ0v) is 17.0. The molecule has 8 heteroatoms. The average Bonchev–Trinajstić information content (AvgIpc) is 3.31. The summed E-state index contributed by atoms with van der Waals surface area (Å²) in [5, 5.41) is 3.38. The van der Waals surface area contributed by atoms with Crippen LogP contribution in [0.15, 0.2) is 42.5 Å². The van der Waals surface area contributed by atoms with Crippen molar-refractivity contribution in [3.63, 3.8) is 0 Å². The van der Waals surface area contributed by atoms with Crippen molar-refractivity contribution in [1.29, 1.82) is 0 Å². The number of ether oxygens (including phenoxy) is 2. The number of aromatic nitrogens is 1. The van der Waals surface area contributed by atoms with Gasteiger partial charge >= 0.3 is 0 Å². The third-order valence-corrected chi connectivity index (χ3v) is 5.71. The van der Waals surface area contributed by atoms with Crippen LogP contribution in [0.5, 0.6) is 11.5 Å². The van der Waals surface area contributed by atoms with Crippen LogP contribution in [0.3, 0.4) is 0 Å². The molecule has 3 aromatic rings. The van der Waals surface area contributed by atoms with Gasteiger partial charge in [0.2, 0.25) is 11.8 Å². The minimum absolute atomic E-state index is 0.0663. The van der Waals surface area contributed by atoms with Gasteiger partial charge in [-0.1, -0.05) is 11.3 Å². The zero-order valence-electron chi connectivity index (χ0n) is 16.2. The SMILES string of the molecule is CCOc1ccc(N2C[C@@H](C(=O)Nc3nc4ccc(OC)cc4s3)CC2=O)cc1. The molecule has 0 bridgehead atoms. The van der Waals surface area contributed by atoms with Gasteiger partial charge in [-0.15, -0.1) is 0 Å². The second-order valence-electron chi connectivity index (χ2n) is 6.67. The minimum Gasteiger partial charge on any atom is -0.497 e. The maximum Gasteiger partial charge on any atom is 0.231 e. The quantitative estimate of drug-likeness (QED) is 0.669. The lowest BCUT2D eigenvalue weighted by molar-refractivity contribution is -0.122. The first-order chi connectivity index (χ1) is 14.1. The van der Waals surface area contributed by atoms with Crippen LogP contribution in [-0.2, 0) is 9.59 Å². The highest BCUT2D eigenvalue weighted by atomic mass is 32.1. The first-order valence-corrected chi connectivity index (χ1v) is 10.2. The predicted octanol–water partition coefficient (Wildman–Crippen LogP) is 3.70. The van der Waals surface area contributed by atoms with E-state index in [2.05, 4.69) is 10.3 Å². The Morgan fingerprint density at radius 3 is 2.72 bits per heavy atom. The summed E-state index contributed by atoms with van der Waals surface area (Å²) in [5.41, 5.74) is 1.56. The lowest BCUT2D eigenvalue weighted by Crippen LogP contribution is -2.28. The minimum atomic E-state index is -0.421. The standard InChI is InChI=1S/C21H21N3O4S/c1-3-28-15-6-4-14(5-7-15)24-12-13(10-19(24)25)20(26)23-21-22-17-9-8-16(27-2)11-18(17)29-21/h4-9,11,13H,3,10,12H2,1-2H3,(H,22,23,26)/t13-/m0/s1. The smallest absolute Gasteiger partial charge is 0.231 e. The molecule has 1 N–H and O–H groups in total. The molecule has 29 heavy (non-hydrogen) atoms. The third-order valence-electron chi connectivity index (χ3n) is 4.78. The highest BCUT2D eigenvalue weighted by Gasteiger charge is 2.35. The highest BCUT2D eigenvalue weighted by molar-refractivity contribution is 7.22. The van der Waals surface area contributed by atoms with Gasteiger partial charge in [0.25, 0.3) is 0 Å². The van der Waals surface area contributed by atoms with Crippen molar-refractivity contribution in [2.24, 2.45) is 5.92 Å². The Kier molecular flexibility index (Phi) is 5.35. The molecule has 2 aromatic carbocycles. The molecular weight excluding hydrogens is 390 g/mol. The summed E-state index contributed by atoms with van der Waals surface area (Å²) in [6.07, 6.45) is 0.178. The molecule has 150 valence electrons. The molecule has 7 nitrogen and oxygen atoms in total. The van der Waals surface area contributed by atoms with Gasteiger partial charge in [0.05, 0.1) is 29.9 Å². The average molecular weight is 411 g/mol. The third kappa shape index (κ3) is 4.02. The van der Waals surface area contributed by atoms with Crippen LogP contribution in [0.1, 0.15) is 13.3 Å². The van der Waals surface area contributed by atoms with E-state index in [1.54, 1.807) is 12.0 Å². The molecule has 2 heterocycles. The van der Waals surface area contributed by atoms with Crippen molar-refractivity contribution >= 4 is 44.2 Å². The van der Waals surface area contributed by atoms with Crippen molar-refractivity contribution in [2.45, 2.75) is 13.3 Å². The lowest BCUT2D eigenvalue weighted by Gasteiger charge is -2.17. The molecule has 1 aliphatic heterocycles. The first kappa shape index (κ1) is 19.2. The molecular formula is C21H21N3O4S. The van der Waals surface area contributed by atoms with Crippen LogP contribution < -0.4 is 19.7 Å². The summed E-state index contributed by atoms with van der Waals surface area (Å²) in [5.74, 6) is 0.813. The Labute approximate surface area is 172 Å². The van der Waals surface area contributed by atoms with E-state index in [9.17, 15) is 9.59 Å². The van der Waals surface area contributed by atoms with Crippen molar-refractivity contribution < 1.29 is 19.1 Å². The molecule has 1 aromatic heterocycles. The second-order valence-corrected chi connectivity index (χ2v) is 7.70. The van der Waals surface area contributed by atoms with E-state index in [0.29, 0.717) is 18.3 Å². The van der Waals surface area contributed by atoms with Crippen molar-refractivity contribution in [1.82, 2.24) is 4.98 Å². The number of amides is 2. The van der Waals surface area contributed by atoms with Crippen molar-refractivity contribution in [3.8, 4) is 11.5 Å². The Morgan fingerprint density at radius 2 is 2.00 bits per heavy atom. The molecule has 1 saturated heterocycles. The molecule has 1 aliphatic rings. The van der Waals surface area contributed by atoms with E-state index >= 15 is 0 Å². The number of hydrogen-bond acceptors (Lipinski definition) is 6. The topological polar surface area (TPSA) is 80.8 Å². The van der Waals surface area contributed by atoms with E-state index < -0.39 is 5.92 Å². The number of benzene rings is 2. The fraction of sp³-hybridized carbons (Fsp3) is 0.286. The fourth-order valence-corrected chi connectivity index (χ4v) is 4.21. The summed E-state index contributed by atoms with van der Waals surface area (Å²) in [7, 11) is 1.61. The number of carbonyl (C=O) groups excluding carboxylic acids is 2. The second kappa shape index (κ2) is 8.08. The fourth-order valence-electron chi connectivity index (χ4n) is 3.31. The monoisotopic (exact) mass is 411 g/mol. The van der Waals surface area contributed by atoms with Crippen LogP contribution in [0.4, 0.5) is 10.8 Å². The van der Waals surface area contributed by atoms with Crippen molar-refractivity contribution in [3.05, 3.63) is 42.5 Å². The molecule has 4 rings (SSSR count). The molecule has 0 spiro atoms. The van der Waals surface area contributed by atoms with Crippen LogP contribution in [0.25, 0.3) is 10.2 Å². The largest absolute Gasteiger partial charge is 0.497 e. The van der Waals surface area contributed by atoms with Gasteiger partial charge in [-0.25, -0.2) is 4.98 Å². The van der Waals surface area contributed by atoms with Gasteiger partial charge in [0.1, 0.15) is 11.5 Å². The summed E-state index contributed by atoms with van der Waals surface area (Å²) in [6, 6.07) is 12.9. The van der Waals surface area contributed by atoms with E-state index in [1.807, 2.05) is 49.4 Å². The molecule has 0 unspecified atom stereocenters. The van der Waals surface area contributed by atoms with Crippen LogP contribution in [-0.4, -0.2) is 37.1 Å². The van der Waals surface area contributed by atoms with E-state index in [-0.39, 0.29) is 18.2 Å². The highest BCUT2D eigenvalue weighted by Crippen LogP contribution is 2.31. The summed E-state index contributed by atoms with van der Waals surface area (Å²) in [4.78, 5) is 31.2. The van der Waals surface area contributed by atoms with Gasteiger partial charge in [0, 0.05) is 18.7 Å². The normalized spacial score (nSPS) is 16.3. The van der Waals surface area contributed by atoms with Gasteiger partial charge in [-0.05, 0) is 49.4 Å². The molecule has 0 aliphatic carbocycles. The predicted molar refractivity (Wildman–Crippen MR) is 113 cm³/mol. The summed E-state index contributed by atoms with van der Waals surface area (Å²) < 4.78 is 11.6. The maximum absolute atomic E-state index is 12.7.